The van der Waals surface area contributed by atoms with Crippen molar-refractivity contribution in [2.75, 3.05) is 14.1 Å². The van der Waals surface area contributed by atoms with E-state index < -0.39 is 17.4 Å². The zero-order valence-electron chi connectivity index (χ0n) is 14.0. The van der Waals surface area contributed by atoms with Gasteiger partial charge in [0, 0.05) is 28.2 Å². The van der Waals surface area contributed by atoms with E-state index in [1.807, 2.05) is 0 Å². The molecule has 0 bridgehead atoms. The van der Waals surface area contributed by atoms with E-state index in [2.05, 4.69) is 0 Å². The second kappa shape index (κ2) is 6.73. The number of carbonyl (C=O) groups excluding carboxylic acids is 2. The average molecular weight is 380 g/mol. The SMILES string of the molecule is CN1C(=O)C(=C/C=C/c2c(O)n(C)c(=S)n(C)c2=O)C(=O)N(C)C1=S. The summed E-state index contributed by atoms with van der Waals surface area (Å²) in [6, 6.07) is 0. The fourth-order valence-corrected chi connectivity index (χ4v) is 2.58. The van der Waals surface area contributed by atoms with E-state index >= 15 is 0 Å². The molecule has 1 aliphatic rings. The van der Waals surface area contributed by atoms with Crippen LogP contribution >= 0.6 is 24.4 Å². The first kappa shape index (κ1) is 18.7. The third-order valence-electron chi connectivity index (χ3n) is 3.84. The molecule has 10 heteroatoms. The molecule has 0 radical (unpaired) electrons. The Hall–Kier alpha value is -2.59. The molecule has 2 amide bonds. The number of amides is 2. The van der Waals surface area contributed by atoms with Gasteiger partial charge in [-0.1, -0.05) is 6.08 Å². The van der Waals surface area contributed by atoms with Crippen LogP contribution in [0, 0.1) is 4.77 Å². The second-order valence-electron chi connectivity index (χ2n) is 5.39. The zero-order valence-corrected chi connectivity index (χ0v) is 15.6. The third-order valence-corrected chi connectivity index (χ3v) is 4.93. The van der Waals surface area contributed by atoms with Gasteiger partial charge in [-0.3, -0.25) is 33.3 Å². The highest BCUT2D eigenvalue weighted by Gasteiger charge is 2.34. The van der Waals surface area contributed by atoms with Crippen molar-refractivity contribution in [3.8, 4) is 5.88 Å². The molecule has 25 heavy (non-hydrogen) atoms. The Kier molecular flexibility index (Phi) is 5.04. The maximum absolute atomic E-state index is 12.2. The Morgan fingerprint density at radius 1 is 0.920 bits per heavy atom. The van der Waals surface area contributed by atoms with Crippen molar-refractivity contribution in [2.24, 2.45) is 14.1 Å². The molecule has 0 aromatic carbocycles. The van der Waals surface area contributed by atoms with Crippen LogP contribution in [0.4, 0.5) is 0 Å². The van der Waals surface area contributed by atoms with Crippen molar-refractivity contribution >= 4 is 47.4 Å². The monoisotopic (exact) mass is 380 g/mol. The maximum Gasteiger partial charge on any atom is 0.265 e. The molecular weight excluding hydrogens is 364 g/mol. The molecule has 0 spiro atoms. The standard InChI is InChI=1S/C15H16N4O4S2/c1-16-10(20)8(11(21)17(2)14(16)24)6-5-7-9-12(22)18(3)15(25)19(4)13(9)23/h5-7,20H,1-4H3/b6-5+. The van der Waals surface area contributed by atoms with Crippen molar-refractivity contribution in [3.05, 3.63) is 38.4 Å². The second-order valence-corrected chi connectivity index (χ2v) is 6.12. The predicted molar refractivity (Wildman–Crippen MR) is 98.4 cm³/mol. The Morgan fingerprint density at radius 3 is 1.96 bits per heavy atom. The third kappa shape index (κ3) is 3.05. The summed E-state index contributed by atoms with van der Waals surface area (Å²) >= 11 is 10.0. The lowest BCUT2D eigenvalue weighted by Gasteiger charge is -2.31. The number of likely N-dealkylation sites (N-methyl/N-ethyl adjacent to an activating group) is 2. The van der Waals surface area contributed by atoms with Gasteiger partial charge in [0.05, 0.1) is 0 Å². The van der Waals surface area contributed by atoms with Gasteiger partial charge in [0.15, 0.2) is 9.88 Å². The first-order chi connectivity index (χ1) is 11.6. The highest BCUT2D eigenvalue weighted by Crippen LogP contribution is 2.17. The van der Waals surface area contributed by atoms with Crippen molar-refractivity contribution in [1.82, 2.24) is 18.9 Å². The lowest BCUT2D eigenvalue weighted by molar-refractivity contribution is -0.132. The lowest BCUT2D eigenvalue weighted by Crippen LogP contribution is -2.52. The zero-order chi connectivity index (χ0) is 19.0. The molecule has 1 aromatic rings. The number of thiocarbonyl (C=S) groups is 1. The Bertz CT molecular complexity index is 945. The summed E-state index contributed by atoms with van der Waals surface area (Å²) < 4.78 is 2.64. The van der Waals surface area contributed by atoms with Crippen LogP contribution in [0.15, 0.2) is 22.5 Å². The summed E-state index contributed by atoms with van der Waals surface area (Å²) in [5, 5.41) is 10.2. The Morgan fingerprint density at radius 2 is 1.44 bits per heavy atom. The van der Waals surface area contributed by atoms with Crippen LogP contribution in [0.5, 0.6) is 5.88 Å². The van der Waals surface area contributed by atoms with Gasteiger partial charge in [0.2, 0.25) is 5.88 Å². The molecule has 0 unspecified atom stereocenters. The Balaban J connectivity index is 2.48. The van der Waals surface area contributed by atoms with E-state index in [4.69, 9.17) is 24.4 Å². The van der Waals surface area contributed by atoms with E-state index in [1.54, 1.807) is 0 Å². The molecule has 0 atom stereocenters. The summed E-state index contributed by atoms with van der Waals surface area (Å²) in [7, 11) is 5.94. The summed E-state index contributed by atoms with van der Waals surface area (Å²) in [6.07, 6.45) is 3.94. The summed E-state index contributed by atoms with van der Waals surface area (Å²) in [4.78, 5) is 38.9. The quantitative estimate of drug-likeness (QED) is 0.452. The molecule has 1 N–H and O–H groups in total. The molecule has 0 saturated carbocycles. The first-order valence-electron chi connectivity index (χ1n) is 7.07. The van der Waals surface area contributed by atoms with Crippen molar-refractivity contribution < 1.29 is 14.7 Å². The Labute approximate surface area is 153 Å². The fraction of sp³-hybridized carbons (Fsp3) is 0.267. The molecule has 2 heterocycles. The molecule has 8 nitrogen and oxygen atoms in total. The minimum absolute atomic E-state index is 0.0108. The average Bonchev–Trinajstić information content (AvgIpc) is 2.60. The highest BCUT2D eigenvalue weighted by atomic mass is 32.1. The van der Waals surface area contributed by atoms with Gasteiger partial charge in [-0.05, 0) is 36.6 Å². The van der Waals surface area contributed by atoms with Crippen LogP contribution < -0.4 is 5.56 Å². The number of rotatable bonds is 2. The first-order valence-corrected chi connectivity index (χ1v) is 7.88. The minimum atomic E-state index is -0.540. The number of aromatic nitrogens is 2. The molecule has 1 fully saturated rings. The van der Waals surface area contributed by atoms with Crippen LogP contribution in [0.1, 0.15) is 5.56 Å². The fourth-order valence-electron chi connectivity index (χ4n) is 2.24. The topological polar surface area (TPSA) is 87.8 Å². The molecule has 2 rings (SSSR count). The number of hydrogen-bond acceptors (Lipinski definition) is 6. The van der Waals surface area contributed by atoms with Crippen LogP contribution in [0.3, 0.4) is 0 Å². The predicted octanol–water partition coefficient (Wildman–Crippen LogP) is 0.314. The van der Waals surface area contributed by atoms with Gasteiger partial charge in [-0.25, -0.2) is 0 Å². The van der Waals surface area contributed by atoms with Gasteiger partial charge in [-0.2, -0.15) is 0 Å². The van der Waals surface area contributed by atoms with Crippen LogP contribution in [-0.2, 0) is 23.7 Å². The van der Waals surface area contributed by atoms with E-state index in [0.29, 0.717) is 0 Å². The number of nitrogens with zero attached hydrogens (tertiary/aromatic N) is 4. The largest absolute Gasteiger partial charge is 0.494 e. The van der Waals surface area contributed by atoms with Gasteiger partial charge in [0.25, 0.3) is 17.4 Å². The number of aromatic hydroxyl groups is 1. The van der Waals surface area contributed by atoms with Crippen molar-refractivity contribution in [1.29, 1.82) is 0 Å². The molecular formula is C15H16N4O4S2. The molecule has 132 valence electrons. The van der Waals surface area contributed by atoms with Crippen molar-refractivity contribution in [3.63, 3.8) is 0 Å². The van der Waals surface area contributed by atoms with Crippen LogP contribution in [-0.4, -0.2) is 55.1 Å². The number of hydrogen-bond donors (Lipinski definition) is 1. The smallest absolute Gasteiger partial charge is 0.265 e. The highest BCUT2D eigenvalue weighted by molar-refractivity contribution is 7.80. The summed E-state index contributed by atoms with van der Waals surface area (Å²) in [5.41, 5.74) is -0.606. The number of carbonyl (C=O) groups is 2. The van der Waals surface area contributed by atoms with E-state index in [1.165, 1.54) is 65.4 Å². The lowest BCUT2D eigenvalue weighted by atomic mass is 10.1. The summed E-state index contributed by atoms with van der Waals surface area (Å²) in [6.45, 7) is 0. The summed E-state index contributed by atoms with van der Waals surface area (Å²) in [5.74, 6) is -1.39. The van der Waals surface area contributed by atoms with Gasteiger partial charge in [-0.15, -0.1) is 0 Å². The van der Waals surface area contributed by atoms with Gasteiger partial charge < -0.3 is 5.11 Å². The molecule has 0 aliphatic carbocycles. The molecule has 1 aliphatic heterocycles. The van der Waals surface area contributed by atoms with Crippen LogP contribution in [0.25, 0.3) is 6.08 Å². The van der Waals surface area contributed by atoms with Gasteiger partial charge in [0.1, 0.15) is 11.1 Å². The normalized spacial score (nSPS) is 15.5. The maximum atomic E-state index is 12.2. The molecule has 1 saturated heterocycles. The number of allylic oxidation sites excluding steroid dienone is 2. The minimum Gasteiger partial charge on any atom is -0.494 e. The van der Waals surface area contributed by atoms with Gasteiger partial charge >= 0.3 is 0 Å². The van der Waals surface area contributed by atoms with E-state index in [9.17, 15) is 19.5 Å². The molecule has 1 aromatic heterocycles. The van der Waals surface area contributed by atoms with E-state index in [-0.39, 0.29) is 26.9 Å². The van der Waals surface area contributed by atoms with E-state index in [0.717, 1.165) is 0 Å². The van der Waals surface area contributed by atoms with Crippen LogP contribution in [0.2, 0.25) is 0 Å². The van der Waals surface area contributed by atoms with Crippen molar-refractivity contribution in [2.45, 2.75) is 0 Å².